The Labute approximate surface area is 111 Å². The maximum atomic E-state index is 11.5. The van der Waals surface area contributed by atoms with Crippen molar-refractivity contribution in [3.05, 3.63) is 34.3 Å². The molecule has 0 aliphatic heterocycles. The van der Waals surface area contributed by atoms with Gasteiger partial charge in [-0.2, -0.15) is 0 Å². The molecule has 3 nitrogen and oxygen atoms in total. The summed E-state index contributed by atoms with van der Waals surface area (Å²) in [6.45, 7) is 6.05. The van der Waals surface area contributed by atoms with Gasteiger partial charge < -0.3 is 4.74 Å². The maximum absolute atomic E-state index is 11.5. The van der Waals surface area contributed by atoms with Gasteiger partial charge in [0.1, 0.15) is 6.04 Å². The summed E-state index contributed by atoms with van der Waals surface area (Å²) in [5.74, 6) is -0.216. The number of rotatable bonds is 5. The molecule has 0 aromatic heterocycles. The van der Waals surface area contributed by atoms with Crippen molar-refractivity contribution >= 4 is 21.9 Å². The van der Waals surface area contributed by atoms with E-state index in [1.165, 1.54) is 0 Å². The van der Waals surface area contributed by atoms with Gasteiger partial charge >= 0.3 is 5.97 Å². The highest BCUT2D eigenvalue weighted by atomic mass is 79.9. The van der Waals surface area contributed by atoms with Gasteiger partial charge in [0, 0.05) is 10.5 Å². The van der Waals surface area contributed by atoms with Crippen molar-refractivity contribution in [3.8, 4) is 0 Å². The third-order valence-corrected chi connectivity index (χ3v) is 3.23. The lowest BCUT2D eigenvalue weighted by Crippen LogP contribution is -2.37. The predicted octanol–water partition coefficient (Wildman–Crippen LogP) is 3.05. The summed E-state index contributed by atoms with van der Waals surface area (Å²) in [4.78, 5) is 11.5. The van der Waals surface area contributed by atoms with Gasteiger partial charge in [0.25, 0.3) is 0 Å². The predicted molar refractivity (Wildman–Crippen MR) is 71.8 cm³/mol. The van der Waals surface area contributed by atoms with Crippen LogP contribution in [0.2, 0.25) is 0 Å². The zero-order valence-electron chi connectivity index (χ0n) is 10.4. The molecule has 0 spiro atoms. The van der Waals surface area contributed by atoms with Crippen LogP contribution in [0.1, 0.15) is 32.4 Å². The van der Waals surface area contributed by atoms with Gasteiger partial charge in [-0.25, -0.2) is 0 Å². The third-order valence-electron chi connectivity index (χ3n) is 2.51. The first-order chi connectivity index (χ1) is 8.06. The first-order valence-electron chi connectivity index (χ1n) is 5.73. The van der Waals surface area contributed by atoms with E-state index in [4.69, 9.17) is 4.74 Å². The van der Waals surface area contributed by atoms with E-state index in [9.17, 15) is 4.79 Å². The number of esters is 1. The quantitative estimate of drug-likeness (QED) is 0.849. The van der Waals surface area contributed by atoms with Gasteiger partial charge in [-0.3, -0.25) is 10.1 Å². The average molecular weight is 300 g/mol. The van der Waals surface area contributed by atoms with E-state index in [1.54, 1.807) is 0 Å². The standard InChI is InChI=1S/C13H18BrNO2/c1-4-17-13(16)10(3)15-9(2)11-7-5-6-8-12(11)14/h5-10,15H,4H2,1-3H3. The first kappa shape index (κ1) is 14.2. The molecule has 4 heteroatoms. The van der Waals surface area contributed by atoms with Gasteiger partial charge in [-0.05, 0) is 32.4 Å². The van der Waals surface area contributed by atoms with E-state index in [0.29, 0.717) is 6.61 Å². The SMILES string of the molecule is CCOC(=O)C(C)NC(C)c1ccccc1Br. The van der Waals surface area contributed by atoms with E-state index in [-0.39, 0.29) is 18.1 Å². The Hall–Kier alpha value is -0.870. The minimum absolute atomic E-state index is 0.0879. The van der Waals surface area contributed by atoms with Crippen molar-refractivity contribution in [2.75, 3.05) is 6.61 Å². The normalized spacial score (nSPS) is 14.1. The number of hydrogen-bond acceptors (Lipinski definition) is 3. The third kappa shape index (κ3) is 4.13. The van der Waals surface area contributed by atoms with Crippen molar-refractivity contribution in [3.63, 3.8) is 0 Å². The zero-order chi connectivity index (χ0) is 12.8. The molecular weight excluding hydrogens is 282 g/mol. The second-order valence-corrected chi connectivity index (χ2v) is 4.74. The van der Waals surface area contributed by atoms with Crippen molar-refractivity contribution in [1.82, 2.24) is 5.32 Å². The van der Waals surface area contributed by atoms with Crippen LogP contribution in [0.4, 0.5) is 0 Å². The lowest BCUT2D eigenvalue weighted by molar-refractivity contribution is -0.145. The molecule has 94 valence electrons. The molecule has 0 bridgehead atoms. The van der Waals surface area contributed by atoms with Crippen LogP contribution >= 0.6 is 15.9 Å². The van der Waals surface area contributed by atoms with Gasteiger partial charge in [0.15, 0.2) is 0 Å². The summed E-state index contributed by atoms with van der Waals surface area (Å²) >= 11 is 3.50. The van der Waals surface area contributed by atoms with Crippen molar-refractivity contribution in [1.29, 1.82) is 0 Å². The number of nitrogens with one attached hydrogen (secondary N) is 1. The summed E-state index contributed by atoms with van der Waals surface area (Å²) in [5.41, 5.74) is 1.13. The highest BCUT2D eigenvalue weighted by Crippen LogP contribution is 2.23. The highest BCUT2D eigenvalue weighted by Gasteiger charge is 2.17. The zero-order valence-corrected chi connectivity index (χ0v) is 12.0. The minimum Gasteiger partial charge on any atom is -0.465 e. The monoisotopic (exact) mass is 299 g/mol. The van der Waals surface area contributed by atoms with Gasteiger partial charge in [0.05, 0.1) is 6.61 Å². The van der Waals surface area contributed by atoms with Crippen LogP contribution in [0, 0.1) is 0 Å². The molecule has 0 fully saturated rings. The molecule has 0 saturated carbocycles. The van der Waals surface area contributed by atoms with Crippen LogP contribution < -0.4 is 5.32 Å². The number of carbonyl (C=O) groups excluding carboxylic acids is 1. The second kappa shape index (κ2) is 6.77. The molecule has 0 radical (unpaired) electrons. The molecule has 1 rings (SSSR count). The average Bonchev–Trinajstić information content (AvgIpc) is 2.29. The Morgan fingerprint density at radius 1 is 1.41 bits per heavy atom. The Balaban J connectivity index is 2.63. The largest absolute Gasteiger partial charge is 0.465 e. The second-order valence-electron chi connectivity index (χ2n) is 3.88. The van der Waals surface area contributed by atoms with Crippen molar-refractivity contribution in [2.24, 2.45) is 0 Å². The number of ether oxygens (including phenoxy) is 1. The first-order valence-corrected chi connectivity index (χ1v) is 6.52. The molecular formula is C13H18BrNO2. The molecule has 0 amide bonds. The number of benzene rings is 1. The van der Waals surface area contributed by atoms with E-state index in [0.717, 1.165) is 10.0 Å². The molecule has 2 atom stereocenters. The van der Waals surface area contributed by atoms with Crippen LogP contribution in [-0.2, 0) is 9.53 Å². The molecule has 1 aromatic rings. The number of carbonyl (C=O) groups is 1. The molecule has 0 aliphatic rings. The van der Waals surface area contributed by atoms with Gasteiger partial charge in [0.2, 0.25) is 0 Å². The van der Waals surface area contributed by atoms with E-state index >= 15 is 0 Å². The molecule has 17 heavy (non-hydrogen) atoms. The van der Waals surface area contributed by atoms with Crippen LogP contribution in [0.15, 0.2) is 28.7 Å². The number of halogens is 1. The lowest BCUT2D eigenvalue weighted by Gasteiger charge is -2.20. The maximum Gasteiger partial charge on any atom is 0.322 e. The molecule has 1 aromatic carbocycles. The lowest BCUT2D eigenvalue weighted by atomic mass is 10.1. The summed E-state index contributed by atoms with van der Waals surface area (Å²) in [5, 5.41) is 3.22. The van der Waals surface area contributed by atoms with Gasteiger partial charge in [-0.1, -0.05) is 34.1 Å². The van der Waals surface area contributed by atoms with E-state index in [1.807, 2.05) is 45.0 Å². The molecule has 2 unspecified atom stereocenters. The molecule has 0 saturated heterocycles. The van der Waals surface area contributed by atoms with E-state index in [2.05, 4.69) is 21.2 Å². The van der Waals surface area contributed by atoms with Crippen LogP contribution in [0.5, 0.6) is 0 Å². The molecule has 1 N–H and O–H groups in total. The van der Waals surface area contributed by atoms with Crippen LogP contribution in [-0.4, -0.2) is 18.6 Å². The Bertz CT molecular complexity index is 381. The minimum atomic E-state index is -0.308. The summed E-state index contributed by atoms with van der Waals surface area (Å²) in [6.07, 6.45) is 0. The Morgan fingerprint density at radius 3 is 2.65 bits per heavy atom. The fourth-order valence-corrected chi connectivity index (χ4v) is 2.25. The fourth-order valence-electron chi connectivity index (χ4n) is 1.63. The topological polar surface area (TPSA) is 38.3 Å². The molecule has 0 aliphatic carbocycles. The van der Waals surface area contributed by atoms with Crippen LogP contribution in [0.3, 0.4) is 0 Å². The van der Waals surface area contributed by atoms with Crippen molar-refractivity contribution in [2.45, 2.75) is 32.9 Å². The van der Waals surface area contributed by atoms with E-state index < -0.39 is 0 Å². The highest BCUT2D eigenvalue weighted by molar-refractivity contribution is 9.10. The summed E-state index contributed by atoms with van der Waals surface area (Å²) in [6, 6.07) is 7.74. The smallest absolute Gasteiger partial charge is 0.322 e. The molecule has 0 heterocycles. The number of hydrogen-bond donors (Lipinski definition) is 1. The Kier molecular flexibility index (Phi) is 5.65. The summed E-state index contributed by atoms with van der Waals surface area (Å²) < 4.78 is 6.00. The fraction of sp³-hybridized carbons (Fsp3) is 0.462. The Morgan fingerprint density at radius 2 is 2.06 bits per heavy atom. The van der Waals surface area contributed by atoms with Crippen LogP contribution in [0.25, 0.3) is 0 Å². The summed E-state index contributed by atoms with van der Waals surface area (Å²) in [7, 11) is 0. The van der Waals surface area contributed by atoms with Gasteiger partial charge in [-0.15, -0.1) is 0 Å². The van der Waals surface area contributed by atoms with Crippen molar-refractivity contribution < 1.29 is 9.53 Å².